The average Bonchev–Trinajstić information content (AvgIpc) is 2.53. The third-order valence-corrected chi connectivity index (χ3v) is 4.35. The van der Waals surface area contributed by atoms with Crippen LogP contribution in [0.1, 0.15) is 38.2 Å². The van der Waals surface area contributed by atoms with E-state index >= 15 is 0 Å². The van der Waals surface area contributed by atoms with Crippen LogP contribution < -0.4 is 5.73 Å². The molecule has 20 heavy (non-hydrogen) atoms. The van der Waals surface area contributed by atoms with Gasteiger partial charge in [-0.05, 0) is 62.8 Å². The maximum absolute atomic E-state index is 12.6. The van der Waals surface area contributed by atoms with Crippen LogP contribution in [0.3, 0.4) is 0 Å². The Morgan fingerprint density at radius 1 is 1.30 bits per heavy atom. The monoisotopic (exact) mass is 275 g/mol. The van der Waals surface area contributed by atoms with Crippen LogP contribution in [0.15, 0.2) is 24.5 Å². The Kier molecular flexibility index (Phi) is 5.53. The molecule has 1 aromatic heterocycles. The Bertz CT molecular complexity index is 413. The minimum Gasteiger partial charge on any atom is -0.338 e. The average molecular weight is 275 g/mol. The fourth-order valence-corrected chi connectivity index (χ4v) is 2.96. The first-order valence-corrected chi connectivity index (χ1v) is 7.62. The SMILES string of the molecule is CCN(Cc1ccncc1)C(=O)C1CCC(CN)CC1. The number of rotatable bonds is 5. The molecule has 1 aliphatic rings. The second kappa shape index (κ2) is 7.39. The van der Waals surface area contributed by atoms with Crippen LogP contribution in [-0.2, 0) is 11.3 Å². The molecular formula is C16H25N3O. The number of nitrogens with zero attached hydrogens (tertiary/aromatic N) is 2. The molecule has 0 aliphatic heterocycles. The van der Waals surface area contributed by atoms with Gasteiger partial charge in [0, 0.05) is 31.4 Å². The number of amides is 1. The van der Waals surface area contributed by atoms with E-state index in [1.807, 2.05) is 24.0 Å². The fraction of sp³-hybridized carbons (Fsp3) is 0.625. The Morgan fingerprint density at radius 3 is 2.50 bits per heavy atom. The molecule has 0 radical (unpaired) electrons. The number of carbonyl (C=O) groups is 1. The second-order valence-electron chi connectivity index (χ2n) is 5.66. The molecule has 1 aromatic rings. The van der Waals surface area contributed by atoms with Crippen molar-refractivity contribution in [3.05, 3.63) is 30.1 Å². The van der Waals surface area contributed by atoms with E-state index in [0.717, 1.165) is 44.3 Å². The summed E-state index contributed by atoms with van der Waals surface area (Å²) in [7, 11) is 0. The summed E-state index contributed by atoms with van der Waals surface area (Å²) in [4.78, 5) is 18.6. The summed E-state index contributed by atoms with van der Waals surface area (Å²) < 4.78 is 0. The van der Waals surface area contributed by atoms with E-state index in [1.165, 1.54) is 0 Å². The molecule has 0 unspecified atom stereocenters. The molecule has 0 spiro atoms. The highest BCUT2D eigenvalue weighted by molar-refractivity contribution is 5.78. The lowest BCUT2D eigenvalue weighted by Gasteiger charge is -2.31. The van der Waals surface area contributed by atoms with Crippen molar-refractivity contribution in [3.63, 3.8) is 0 Å². The van der Waals surface area contributed by atoms with Crippen LogP contribution in [0.2, 0.25) is 0 Å². The first-order valence-electron chi connectivity index (χ1n) is 7.62. The van der Waals surface area contributed by atoms with Crippen molar-refractivity contribution in [2.45, 2.75) is 39.2 Å². The highest BCUT2D eigenvalue weighted by atomic mass is 16.2. The molecular weight excluding hydrogens is 250 g/mol. The predicted octanol–water partition coefficient (Wildman–Crippen LogP) is 2.20. The third kappa shape index (κ3) is 3.79. The zero-order chi connectivity index (χ0) is 14.4. The molecule has 1 amide bonds. The maximum atomic E-state index is 12.6. The van der Waals surface area contributed by atoms with Gasteiger partial charge < -0.3 is 10.6 Å². The molecule has 0 atom stereocenters. The first-order chi connectivity index (χ1) is 9.74. The number of nitrogens with two attached hydrogens (primary N) is 1. The number of hydrogen-bond acceptors (Lipinski definition) is 3. The van der Waals surface area contributed by atoms with E-state index in [0.29, 0.717) is 18.4 Å². The van der Waals surface area contributed by atoms with Gasteiger partial charge in [0.1, 0.15) is 0 Å². The number of carbonyl (C=O) groups excluding carboxylic acids is 1. The van der Waals surface area contributed by atoms with Gasteiger partial charge in [-0.25, -0.2) is 0 Å². The molecule has 1 aliphatic carbocycles. The smallest absolute Gasteiger partial charge is 0.225 e. The first kappa shape index (κ1) is 15.0. The van der Waals surface area contributed by atoms with Crippen LogP contribution in [0.5, 0.6) is 0 Å². The van der Waals surface area contributed by atoms with E-state index < -0.39 is 0 Å². The van der Waals surface area contributed by atoms with Gasteiger partial charge >= 0.3 is 0 Å². The topological polar surface area (TPSA) is 59.2 Å². The molecule has 4 nitrogen and oxygen atoms in total. The molecule has 1 heterocycles. The Labute approximate surface area is 121 Å². The van der Waals surface area contributed by atoms with Crippen molar-refractivity contribution in [1.82, 2.24) is 9.88 Å². The lowest BCUT2D eigenvalue weighted by atomic mass is 9.81. The van der Waals surface area contributed by atoms with Gasteiger partial charge in [-0.1, -0.05) is 0 Å². The largest absolute Gasteiger partial charge is 0.338 e. The highest BCUT2D eigenvalue weighted by Crippen LogP contribution is 2.29. The van der Waals surface area contributed by atoms with Gasteiger partial charge in [0.25, 0.3) is 0 Å². The van der Waals surface area contributed by atoms with Crippen molar-refractivity contribution in [2.75, 3.05) is 13.1 Å². The Hall–Kier alpha value is -1.42. The molecule has 0 aromatic carbocycles. The Morgan fingerprint density at radius 2 is 1.95 bits per heavy atom. The summed E-state index contributed by atoms with van der Waals surface area (Å²) in [5.74, 6) is 1.12. The molecule has 110 valence electrons. The van der Waals surface area contributed by atoms with Crippen molar-refractivity contribution >= 4 is 5.91 Å². The minimum atomic E-state index is 0.194. The quantitative estimate of drug-likeness (QED) is 0.896. The van der Waals surface area contributed by atoms with Crippen LogP contribution >= 0.6 is 0 Å². The summed E-state index contributed by atoms with van der Waals surface area (Å²) in [5.41, 5.74) is 6.86. The molecule has 0 bridgehead atoms. The lowest BCUT2D eigenvalue weighted by Crippen LogP contribution is -2.37. The van der Waals surface area contributed by atoms with Gasteiger partial charge in [0.05, 0.1) is 0 Å². The summed E-state index contributed by atoms with van der Waals surface area (Å²) in [5, 5.41) is 0. The second-order valence-corrected chi connectivity index (χ2v) is 5.66. The maximum Gasteiger partial charge on any atom is 0.225 e. The zero-order valence-electron chi connectivity index (χ0n) is 12.3. The number of hydrogen-bond donors (Lipinski definition) is 1. The Balaban J connectivity index is 1.92. The van der Waals surface area contributed by atoms with Gasteiger partial charge in [0.2, 0.25) is 5.91 Å². The minimum absolute atomic E-state index is 0.194. The molecule has 0 saturated heterocycles. The number of aromatic nitrogens is 1. The summed E-state index contributed by atoms with van der Waals surface area (Å²) in [6, 6.07) is 3.95. The summed E-state index contributed by atoms with van der Waals surface area (Å²) in [6.07, 6.45) is 7.74. The summed E-state index contributed by atoms with van der Waals surface area (Å²) >= 11 is 0. The lowest BCUT2D eigenvalue weighted by molar-refractivity contribution is -0.137. The third-order valence-electron chi connectivity index (χ3n) is 4.35. The van der Waals surface area contributed by atoms with E-state index in [2.05, 4.69) is 4.98 Å². The van der Waals surface area contributed by atoms with Gasteiger partial charge in [-0.15, -0.1) is 0 Å². The van der Waals surface area contributed by atoms with E-state index in [1.54, 1.807) is 12.4 Å². The normalized spacial score (nSPS) is 22.5. The van der Waals surface area contributed by atoms with Crippen molar-refractivity contribution in [2.24, 2.45) is 17.6 Å². The van der Waals surface area contributed by atoms with Crippen molar-refractivity contribution < 1.29 is 4.79 Å². The zero-order valence-corrected chi connectivity index (χ0v) is 12.3. The van der Waals surface area contributed by atoms with Crippen LogP contribution in [-0.4, -0.2) is 28.9 Å². The number of pyridine rings is 1. The van der Waals surface area contributed by atoms with Crippen LogP contribution in [0, 0.1) is 11.8 Å². The highest BCUT2D eigenvalue weighted by Gasteiger charge is 2.28. The molecule has 4 heteroatoms. The van der Waals surface area contributed by atoms with Crippen molar-refractivity contribution in [1.29, 1.82) is 0 Å². The van der Waals surface area contributed by atoms with Crippen molar-refractivity contribution in [3.8, 4) is 0 Å². The van der Waals surface area contributed by atoms with Gasteiger partial charge in [0.15, 0.2) is 0 Å². The van der Waals surface area contributed by atoms with Crippen LogP contribution in [0.4, 0.5) is 0 Å². The van der Waals surface area contributed by atoms with Crippen LogP contribution in [0.25, 0.3) is 0 Å². The predicted molar refractivity (Wildman–Crippen MR) is 79.8 cm³/mol. The molecule has 1 saturated carbocycles. The summed E-state index contributed by atoms with van der Waals surface area (Å²) in [6.45, 7) is 4.26. The molecule has 1 fully saturated rings. The fourth-order valence-electron chi connectivity index (χ4n) is 2.96. The molecule has 2 rings (SSSR count). The van der Waals surface area contributed by atoms with Gasteiger partial charge in [-0.3, -0.25) is 9.78 Å². The van der Waals surface area contributed by atoms with Gasteiger partial charge in [-0.2, -0.15) is 0 Å². The standard InChI is InChI=1S/C16H25N3O/c1-2-19(12-14-7-9-18-10-8-14)16(20)15-5-3-13(11-17)4-6-15/h7-10,13,15H,2-6,11-12,17H2,1H3. The van der Waals surface area contributed by atoms with E-state index in [4.69, 9.17) is 5.73 Å². The van der Waals surface area contributed by atoms with E-state index in [-0.39, 0.29) is 5.92 Å². The van der Waals surface area contributed by atoms with E-state index in [9.17, 15) is 4.79 Å². The molecule has 2 N–H and O–H groups in total.